The van der Waals surface area contributed by atoms with Crippen molar-refractivity contribution in [3.05, 3.63) is 46.9 Å². The van der Waals surface area contributed by atoms with Gasteiger partial charge in [-0.15, -0.1) is 0 Å². The monoisotopic (exact) mass is 326 g/mol. The Hall–Kier alpha value is -2.89. The molecule has 0 aliphatic carbocycles. The lowest BCUT2D eigenvalue weighted by Gasteiger charge is -2.17. The van der Waals surface area contributed by atoms with Gasteiger partial charge in [0, 0.05) is 23.3 Å². The molecule has 2 rings (SSSR count). The molecule has 0 saturated carbocycles. The SMILES string of the molecule is CCc1cc(OC)ccc1NC(=O)/C(C=N)=C1\N=C(C)C=C(C)N1. The summed E-state index contributed by atoms with van der Waals surface area (Å²) >= 11 is 0. The van der Waals surface area contributed by atoms with Gasteiger partial charge in [-0.2, -0.15) is 0 Å². The second kappa shape index (κ2) is 7.59. The molecule has 0 bridgehead atoms. The lowest BCUT2D eigenvalue weighted by molar-refractivity contribution is -0.112. The molecule has 1 aromatic rings. The number of ether oxygens (including phenoxy) is 1. The Balaban J connectivity index is 2.31. The number of rotatable bonds is 5. The third-order valence-electron chi connectivity index (χ3n) is 3.61. The molecule has 0 spiro atoms. The van der Waals surface area contributed by atoms with Crippen molar-refractivity contribution in [2.75, 3.05) is 12.4 Å². The molecule has 1 amide bonds. The molecule has 0 atom stereocenters. The summed E-state index contributed by atoms with van der Waals surface area (Å²) in [5.74, 6) is 0.746. The van der Waals surface area contributed by atoms with Crippen molar-refractivity contribution in [1.29, 1.82) is 5.41 Å². The summed E-state index contributed by atoms with van der Waals surface area (Å²) in [5.41, 5.74) is 3.51. The number of benzene rings is 1. The van der Waals surface area contributed by atoms with Gasteiger partial charge < -0.3 is 20.8 Å². The molecule has 1 heterocycles. The molecule has 0 fully saturated rings. The Labute approximate surface area is 141 Å². The van der Waals surface area contributed by atoms with Gasteiger partial charge in [0.05, 0.1) is 12.7 Å². The van der Waals surface area contributed by atoms with Crippen LogP contribution in [0.25, 0.3) is 0 Å². The van der Waals surface area contributed by atoms with Crippen LogP contribution >= 0.6 is 0 Å². The Bertz CT molecular complexity index is 760. The molecule has 3 N–H and O–H groups in total. The number of hydrogen-bond donors (Lipinski definition) is 3. The lowest BCUT2D eigenvalue weighted by atomic mass is 10.1. The van der Waals surface area contributed by atoms with Crippen molar-refractivity contribution in [2.24, 2.45) is 4.99 Å². The minimum Gasteiger partial charge on any atom is -0.497 e. The number of nitrogens with zero attached hydrogens (tertiary/aromatic N) is 1. The van der Waals surface area contributed by atoms with Crippen molar-refractivity contribution in [1.82, 2.24) is 5.32 Å². The standard InChI is InChI=1S/C18H22N4O2/c1-5-13-9-14(24-4)6-7-16(13)22-18(23)15(10-19)17-20-11(2)8-12(3)21-17/h6-10,19-20H,5H2,1-4H3,(H,22,23)/b17-15-,19-10?. The van der Waals surface area contributed by atoms with Gasteiger partial charge in [-0.1, -0.05) is 6.92 Å². The van der Waals surface area contributed by atoms with Gasteiger partial charge in [0.2, 0.25) is 0 Å². The number of hydrogen-bond acceptors (Lipinski definition) is 5. The number of anilines is 1. The largest absolute Gasteiger partial charge is 0.497 e. The van der Waals surface area contributed by atoms with Crippen LogP contribution in [0, 0.1) is 5.41 Å². The average Bonchev–Trinajstić information content (AvgIpc) is 2.55. The fourth-order valence-electron chi connectivity index (χ4n) is 2.44. The first-order valence-electron chi connectivity index (χ1n) is 7.72. The highest BCUT2D eigenvalue weighted by Gasteiger charge is 2.17. The van der Waals surface area contributed by atoms with E-state index in [0.29, 0.717) is 11.5 Å². The van der Waals surface area contributed by atoms with E-state index in [1.54, 1.807) is 19.2 Å². The minimum atomic E-state index is -0.376. The van der Waals surface area contributed by atoms with Crippen LogP contribution < -0.4 is 15.4 Å². The summed E-state index contributed by atoms with van der Waals surface area (Å²) in [4.78, 5) is 16.9. The van der Waals surface area contributed by atoms with Crippen LogP contribution in [0.15, 0.2) is 46.4 Å². The Morgan fingerprint density at radius 1 is 1.42 bits per heavy atom. The van der Waals surface area contributed by atoms with Gasteiger partial charge in [0.15, 0.2) is 0 Å². The predicted molar refractivity (Wildman–Crippen MR) is 96.8 cm³/mol. The minimum absolute atomic E-state index is 0.180. The van der Waals surface area contributed by atoms with Gasteiger partial charge in [0.1, 0.15) is 11.6 Å². The van der Waals surface area contributed by atoms with E-state index in [-0.39, 0.29) is 11.5 Å². The maximum atomic E-state index is 12.6. The Morgan fingerprint density at radius 3 is 2.75 bits per heavy atom. The Morgan fingerprint density at radius 2 is 2.17 bits per heavy atom. The smallest absolute Gasteiger partial charge is 0.260 e. The lowest BCUT2D eigenvalue weighted by Crippen LogP contribution is -2.24. The molecule has 0 aromatic heterocycles. The van der Waals surface area contributed by atoms with E-state index >= 15 is 0 Å². The number of carbonyl (C=O) groups excluding carboxylic acids is 1. The second-order valence-electron chi connectivity index (χ2n) is 5.44. The molecular formula is C18H22N4O2. The predicted octanol–water partition coefficient (Wildman–Crippen LogP) is 3.03. The van der Waals surface area contributed by atoms with Crippen molar-refractivity contribution >= 4 is 23.5 Å². The van der Waals surface area contributed by atoms with Gasteiger partial charge in [0.25, 0.3) is 5.91 Å². The van der Waals surface area contributed by atoms with Crippen LogP contribution in [0.3, 0.4) is 0 Å². The summed E-state index contributed by atoms with van der Waals surface area (Å²) < 4.78 is 5.21. The second-order valence-corrected chi connectivity index (χ2v) is 5.44. The van der Waals surface area contributed by atoms with Gasteiger partial charge in [-0.3, -0.25) is 4.79 Å². The van der Waals surface area contributed by atoms with Crippen LogP contribution in [0.5, 0.6) is 5.75 Å². The highest BCUT2D eigenvalue weighted by molar-refractivity contribution is 6.18. The topological polar surface area (TPSA) is 86.6 Å². The summed E-state index contributed by atoms with van der Waals surface area (Å²) in [5, 5.41) is 13.5. The molecule has 24 heavy (non-hydrogen) atoms. The highest BCUT2D eigenvalue weighted by atomic mass is 16.5. The summed E-state index contributed by atoms with van der Waals surface area (Å²) in [6.07, 6.45) is 3.64. The van der Waals surface area contributed by atoms with E-state index in [4.69, 9.17) is 10.1 Å². The van der Waals surface area contributed by atoms with E-state index in [0.717, 1.165) is 35.4 Å². The molecule has 0 saturated heterocycles. The van der Waals surface area contributed by atoms with E-state index in [9.17, 15) is 4.79 Å². The number of aliphatic imine (C=N–C) groups is 1. The number of carbonyl (C=O) groups is 1. The molecule has 0 unspecified atom stereocenters. The number of nitrogens with one attached hydrogen (secondary N) is 3. The van der Waals surface area contributed by atoms with Crippen molar-refractivity contribution < 1.29 is 9.53 Å². The zero-order valence-corrected chi connectivity index (χ0v) is 14.4. The van der Waals surface area contributed by atoms with Crippen molar-refractivity contribution in [3.8, 4) is 5.75 Å². The maximum Gasteiger partial charge on any atom is 0.260 e. The molecule has 126 valence electrons. The van der Waals surface area contributed by atoms with E-state index in [1.807, 2.05) is 32.9 Å². The summed E-state index contributed by atoms with van der Waals surface area (Å²) in [6, 6.07) is 5.48. The molecule has 0 radical (unpaired) electrons. The van der Waals surface area contributed by atoms with Crippen molar-refractivity contribution in [2.45, 2.75) is 27.2 Å². The summed E-state index contributed by atoms with van der Waals surface area (Å²) in [7, 11) is 1.61. The van der Waals surface area contributed by atoms with E-state index in [1.165, 1.54) is 0 Å². The van der Waals surface area contributed by atoms with Gasteiger partial charge in [-0.25, -0.2) is 4.99 Å². The van der Waals surface area contributed by atoms with Gasteiger partial charge in [-0.05, 0) is 50.1 Å². The molecular weight excluding hydrogens is 304 g/mol. The summed E-state index contributed by atoms with van der Waals surface area (Å²) in [6.45, 7) is 5.74. The molecule has 6 nitrogen and oxygen atoms in total. The van der Waals surface area contributed by atoms with Crippen LogP contribution in [0.2, 0.25) is 0 Å². The Kier molecular flexibility index (Phi) is 5.52. The molecule has 6 heteroatoms. The molecule has 1 aromatic carbocycles. The average molecular weight is 326 g/mol. The van der Waals surface area contributed by atoms with E-state index < -0.39 is 0 Å². The van der Waals surface area contributed by atoms with E-state index in [2.05, 4.69) is 15.6 Å². The number of amides is 1. The molecule has 1 aliphatic heterocycles. The normalized spacial score (nSPS) is 15.7. The van der Waals surface area contributed by atoms with Crippen LogP contribution in [0.1, 0.15) is 26.3 Å². The van der Waals surface area contributed by atoms with Gasteiger partial charge >= 0.3 is 0 Å². The third-order valence-corrected chi connectivity index (χ3v) is 3.61. The van der Waals surface area contributed by atoms with Crippen LogP contribution in [-0.4, -0.2) is 24.9 Å². The zero-order chi connectivity index (χ0) is 17.7. The molecule has 1 aliphatic rings. The first-order chi connectivity index (χ1) is 11.5. The third kappa shape index (κ3) is 3.90. The van der Waals surface area contributed by atoms with Crippen molar-refractivity contribution in [3.63, 3.8) is 0 Å². The maximum absolute atomic E-state index is 12.6. The fraction of sp³-hybridized carbons (Fsp3) is 0.278. The first-order valence-corrected chi connectivity index (χ1v) is 7.72. The number of aryl methyl sites for hydroxylation is 1. The quantitative estimate of drug-likeness (QED) is 0.574. The number of methoxy groups -OCH3 is 1. The first kappa shape index (κ1) is 17.5. The van der Waals surface area contributed by atoms with Crippen LogP contribution in [0.4, 0.5) is 5.69 Å². The zero-order valence-electron chi connectivity index (χ0n) is 14.4. The fourth-order valence-corrected chi connectivity index (χ4v) is 2.44. The van der Waals surface area contributed by atoms with Crippen LogP contribution in [-0.2, 0) is 11.2 Å². The number of allylic oxidation sites excluding steroid dienone is 2. The highest BCUT2D eigenvalue weighted by Crippen LogP contribution is 2.23.